The fourth-order valence-corrected chi connectivity index (χ4v) is 1.30. The normalized spacial score (nSPS) is 12.8. The Morgan fingerprint density at radius 2 is 2.64 bits per heavy atom. The van der Waals surface area contributed by atoms with Crippen LogP contribution in [0.4, 0.5) is 0 Å². The third-order valence-electron chi connectivity index (χ3n) is 1.22. The van der Waals surface area contributed by atoms with Gasteiger partial charge in [0.2, 0.25) is 0 Å². The van der Waals surface area contributed by atoms with Crippen LogP contribution >= 0.6 is 11.3 Å². The van der Waals surface area contributed by atoms with E-state index >= 15 is 0 Å². The van der Waals surface area contributed by atoms with Crippen molar-refractivity contribution >= 4 is 17.3 Å². The van der Waals surface area contributed by atoms with Gasteiger partial charge in [-0.05, 0) is 0 Å². The van der Waals surface area contributed by atoms with Crippen LogP contribution in [0.3, 0.4) is 0 Å². The number of aromatic nitrogens is 1. The number of carboxylic acid groups (broad SMARTS) is 1. The highest BCUT2D eigenvalue weighted by molar-refractivity contribution is 7.09. The van der Waals surface area contributed by atoms with Crippen LogP contribution in [0.25, 0.3) is 0 Å². The molecule has 3 N–H and O–H groups in total. The monoisotopic (exact) mass is 172 g/mol. The van der Waals surface area contributed by atoms with E-state index in [1.54, 1.807) is 11.7 Å². The maximum atomic E-state index is 10.3. The van der Waals surface area contributed by atoms with Crippen LogP contribution < -0.4 is 5.73 Å². The van der Waals surface area contributed by atoms with Crippen molar-refractivity contribution in [1.82, 2.24) is 4.98 Å². The molecule has 0 amide bonds. The van der Waals surface area contributed by atoms with Crippen molar-refractivity contribution in [2.75, 3.05) is 0 Å². The van der Waals surface area contributed by atoms with Crippen molar-refractivity contribution in [2.45, 2.75) is 12.5 Å². The smallest absolute Gasteiger partial charge is 0.320 e. The molecule has 0 saturated carbocycles. The highest BCUT2D eigenvalue weighted by Gasteiger charge is 2.12. The zero-order valence-corrected chi connectivity index (χ0v) is 6.54. The Balaban J connectivity index is 2.50. The van der Waals surface area contributed by atoms with Crippen LogP contribution in [0.5, 0.6) is 0 Å². The Bertz CT molecular complexity index is 235. The number of nitrogens with zero attached hydrogens (tertiary/aromatic N) is 1. The summed E-state index contributed by atoms with van der Waals surface area (Å²) in [5, 5.41) is 8.44. The second-order valence-electron chi connectivity index (χ2n) is 2.12. The van der Waals surface area contributed by atoms with Gasteiger partial charge in [0, 0.05) is 17.5 Å². The zero-order chi connectivity index (χ0) is 8.27. The van der Waals surface area contributed by atoms with Gasteiger partial charge in [-0.2, -0.15) is 0 Å². The molecule has 11 heavy (non-hydrogen) atoms. The number of thiazole rings is 1. The third-order valence-corrected chi connectivity index (χ3v) is 2.02. The van der Waals surface area contributed by atoms with E-state index in [0.717, 1.165) is 4.88 Å². The minimum Gasteiger partial charge on any atom is -0.480 e. The Hall–Kier alpha value is -0.940. The van der Waals surface area contributed by atoms with Crippen molar-refractivity contribution < 1.29 is 9.90 Å². The molecule has 0 bridgehead atoms. The molecule has 0 unspecified atom stereocenters. The van der Waals surface area contributed by atoms with Gasteiger partial charge in [-0.15, -0.1) is 11.3 Å². The fourth-order valence-electron chi connectivity index (χ4n) is 0.647. The Kier molecular flexibility index (Phi) is 2.56. The van der Waals surface area contributed by atoms with Gasteiger partial charge in [-0.25, -0.2) is 0 Å². The van der Waals surface area contributed by atoms with Crippen molar-refractivity contribution in [3.63, 3.8) is 0 Å². The fraction of sp³-hybridized carbons (Fsp3) is 0.333. The molecule has 5 heteroatoms. The van der Waals surface area contributed by atoms with Crippen molar-refractivity contribution in [3.8, 4) is 0 Å². The molecular weight excluding hydrogens is 164 g/mol. The van der Waals surface area contributed by atoms with E-state index in [2.05, 4.69) is 4.98 Å². The molecule has 4 nitrogen and oxygen atoms in total. The first-order chi connectivity index (χ1) is 5.20. The van der Waals surface area contributed by atoms with Gasteiger partial charge in [0.1, 0.15) is 6.04 Å². The molecule has 0 radical (unpaired) electrons. The first kappa shape index (κ1) is 8.16. The predicted molar refractivity (Wildman–Crippen MR) is 41.4 cm³/mol. The second-order valence-corrected chi connectivity index (χ2v) is 3.09. The Morgan fingerprint density at radius 1 is 1.91 bits per heavy atom. The summed E-state index contributed by atoms with van der Waals surface area (Å²) in [4.78, 5) is 15.0. The van der Waals surface area contributed by atoms with Gasteiger partial charge in [0.25, 0.3) is 0 Å². The highest BCUT2D eigenvalue weighted by Crippen LogP contribution is 2.07. The summed E-state index contributed by atoms with van der Waals surface area (Å²) < 4.78 is 0. The van der Waals surface area contributed by atoms with Gasteiger partial charge in [-0.1, -0.05) is 0 Å². The maximum Gasteiger partial charge on any atom is 0.320 e. The molecular formula is C6H8N2O2S. The Morgan fingerprint density at radius 3 is 3.09 bits per heavy atom. The number of hydrogen-bond acceptors (Lipinski definition) is 4. The number of carbonyl (C=O) groups is 1. The lowest BCUT2D eigenvalue weighted by Crippen LogP contribution is -2.31. The molecule has 1 rings (SSSR count). The SMILES string of the molecule is N[C@@H](Cc1cncs1)C(=O)O. The summed E-state index contributed by atoms with van der Waals surface area (Å²) >= 11 is 1.41. The lowest BCUT2D eigenvalue weighted by atomic mass is 10.2. The zero-order valence-electron chi connectivity index (χ0n) is 5.73. The van der Waals surface area contributed by atoms with Crippen LogP contribution in [-0.2, 0) is 11.2 Å². The molecule has 0 spiro atoms. The molecule has 1 heterocycles. The number of hydrogen-bond donors (Lipinski definition) is 2. The summed E-state index contributed by atoms with van der Waals surface area (Å²) in [6, 6.07) is -0.810. The predicted octanol–water partition coefficient (Wildman–Crippen LogP) is 0.0975. The molecule has 0 aliphatic rings. The molecule has 1 atom stereocenters. The summed E-state index contributed by atoms with van der Waals surface area (Å²) in [6.07, 6.45) is 1.99. The standard InChI is InChI=1S/C6H8N2O2S/c7-5(6(9)10)1-4-2-8-3-11-4/h2-3,5H,1,7H2,(H,9,10)/t5-/m0/s1. The molecule has 1 aromatic rings. The topological polar surface area (TPSA) is 76.2 Å². The van der Waals surface area contributed by atoms with E-state index < -0.39 is 12.0 Å². The molecule has 60 valence electrons. The van der Waals surface area contributed by atoms with E-state index in [-0.39, 0.29) is 0 Å². The van der Waals surface area contributed by atoms with Gasteiger partial charge < -0.3 is 10.8 Å². The summed E-state index contributed by atoms with van der Waals surface area (Å²) in [5.41, 5.74) is 6.94. The average molecular weight is 172 g/mol. The van der Waals surface area contributed by atoms with Crippen molar-refractivity contribution in [2.24, 2.45) is 5.73 Å². The lowest BCUT2D eigenvalue weighted by molar-refractivity contribution is -0.138. The van der Waals surface area contributed by atoms with Crippen molar-refractivity contribution in [1.29, 1.82) is 0 Å². The minimum atomic E-state index is -0.974. The molecule has 0 aliphatic carbocycles. The highest BCUT2D eigenvalue weighted by atomic mass is 32.1. The van der Waals surface area contributed by atoms with Gasteiger partial charge >= 0.3 is 5.97 Å². The molecule has 0 aromatic carbocycles. The van der Waals surface area contributed by atoms with E-state index in [1.807, 2.05) is 0 Å². The van der Waals surface area contributed by atoms with Crippen LogP contribution in [-0.4, -0.2) is 22.1 Å². The van der Waals surface area contributed by atoms with Crippen LogP contribution in [0.15, 0.2) is 11.7 Å². The average Bonchev–Trinajstić information content (AvgIpc) is 2.39. The van der Waals surface area contributed by atoms with E-state index in [0.29, 0.717) is 6.42 Å². The second kappa shape index (κ2) is 3.45. The number of aliphatic carboxylic acids is 1. The Labute approximate surface area is 67.7 Å². The first-order valence-electron chi connectivity index (χ1n) is 3.06. The largest absolute Gasteiger partial charge is 0.480 e. The van der Waals surface area contributed by atoms with Gasteiger partial charge in [0.05, 0.1) is 5.51 Å². The summed E-state index contributed by atoms with van der Waals surface area (Å²) in [5.74, 6) is -0.974. The van der Waals surface area contributed by atoms with E-state index in [9.17, 15) is 4.79 Å². The van der Waals surface area contributed by atoms with Crippen LogP contribution in [0.2, 0.25) is 0 Å². The third kappa shape index (κ3) is 2.28. The van der Waals surface area contributed by atoms with Gasteiger partial charge in [0.15, 0.2) is 0 Å². The molecule has 0 saturated heterocycles. The first-order valence-corrected chi connectivity index (χ1v) is 3.94. The summed E-state index contributed by atoms with van der Waals surface area (Å²) in [7, 11) is 0. The molecule has 0 aliphatic heterocycles. The number of nitrogens with two attached hydrogens (primary N) is 1. The van der Waals surface area contributed by atoms with E-state index in [4.69, 9.17) is 10.8 Å². The summed E-state index contributed by atoms with van der Waals surface area (Å²) in [6.45, 7) is 0. The number of rotatable bonds is 3. The molecule has 1 aromatic heterocycles. The number of carboxylic acids is 1. The van der Waals surface area contributed by atoms with Crippen LogP contribution in [0.1, 0.15) is 4.88 Å². The quantitative estimate of drug-likeness (QED) is 0.677. The minimum absolute atomic E-state index is 0.361. The van der Waals surface area contributed by atoms with Crippen molar-refractivity contribution in [3.05, 3.63) is 16.6 Å². The van der Waals surface area contributed by atoms with Crippen LogP contribution in [0, 0.1) is 0 Å². The maximum absolute atomic E-state index is 10.3. The van der Waals surface area contributed by atoms with E-state index in [1.165, 1.54) is 11.3 Å². The lowest BCUT2D eigenvalue weighted by Gasteiger charge is -2.01. The molecule has 0 fully saturated rings. The van der Waals surface area contributed by atoms with Gasteiger partial charge in [-0.3, -0.25) is 9.78 Å².